The number of thioether (sulfide) groups is 1. The molecule has 4 rings (SSSR count). The van der Waals surface area contributed by atoms with Crippen molar-refractivity contribution in [1.29, 1.82) is 0 Å². The molecule has 0 spiro atoms. The van der Waals surface area contributed by atoms with Crippen LogP contribution in [0.3, 0.4) is 0 Å². The first-order valence-electron chi connectivity index (χ1n) is 8.91. The molecule has 0 saturated heterocycles. The minimum Gasteiger partial charge on any atom is -0.489 e. The molecule has 3 aromatic rings. The Balaban J connectivity index is 1.58. The quantitative estimate of drug-likeness (QED) is 0.362. The van der Waals surface area contributed by atoms with Gasteiger partial charge in [-0.3, -0.25) is 19.2 Å². The molecule has 0 fully saturated rings. The molecule has 8 heteroatoms. The Morgan fingerprint density at radius 3 is 2.45 bits per heavy atom. The number of rotatable bonds is 6. The molecule has 1 unspecified atom stereocenters. The maximum Gasteiger partial charge on any atom is 0.269 e. The molecular formula is C21H19NO5S2. The highest BCUT2D eigenvalue weighted by atomic mass is 32.3. The van der Waals surface area contributed by atoms with Crippen LogP contribution < -0.4 is 4.74 Å². The normalized spacial score (nSPS) is 18.1. The maximum atomic E-state index is 10.8. The molecule has 6 nitrogen and oxygen atoms in total. The average Bonchev–Trinajstić information content (AvgIpc) is 2.98. The predicted octanol–water partition coefficient (Wildman–Crippen LogP) is 6.13. The molecule has 2 N–H and O–H groups in total. The molecule has 1 atom stereocenters. The Morgan fingerprint density at radius 1 is 1.03 bits per heavy atom. The summed E-state index contributed by atoms with van der Waals surface area (Å²) in [4.78, 5) is 11.9. The van der Waals surface area contributed by atoms with E-state index in [1.54, 1.807) is 36.0 Å². The highest BCUT2D eigenvalue weighted by Gasteiger charge is 2.38. The average molecular weight is 430 g/mol. The monoisotopic (exact) mass is 429 g/mol. The Labute approximate surface area is 174 Å². The van der Waals surface area contributed by atoms with Crippen molar-refractivity contribution in [2.24, 2.45) is 0 Å². The van der Waals surface area contributed by atoms with Crippen LogP contribution in [0.15, 0.2) is 82.6 Å². The number of nitro groups is 1. The smallest absolute Gasteiger partial charge is 0.269 e. The fourth-order valence-corrected chi connectivity index (χ4v) is 6.85. The molecule has 150 valence electrons. The third-order valence-corrected chi connectivity index (χ3v) is 7.95. The van der Waals surface area contributed by atoms with Gasteiger partial charge < -0.3 is 4.74 Å². The maximum absolute atomic E-state index is 10.8. The lowest BCUT2D eigenvalue weighted by Gasteiger charge is -2.27. The molecule has 1 heterocycles. The van der Waals surface area contributed by atoms with Gasteiger partial charge in [-0.25, -0.2) is 0 Å². The SMILES string of the molecule is O=[N+]([O-])c1ccc(COc2cccc3c2C(Sc2ccccc2)CS3(O)O)cc1. The van der Waals surface area contributed by atoms with Crippen molar-refractivity contribution in [1.82, 2.24) is 0 Å². The van der Waals surface area contributed by atoms with Crippen molar-refractivity contribution in [3.63, 3.8) is 0 Å². The van der Waals surface area contributed by atoms with E-state index in [4.69, 9.17) is 4.74 Å². The van der Waals surface area contributed by atoms with Crippen LogP contribution in [-0.4, -0.2) is 19.8 Å². The zero-order valence-electron chi connectivity index (χ0n) is 15.3. The lowest BCUT2D eigenvalue weighted by Crippen LogP contribution is -2.01. The lowest BCUT2D eigenvalue weighted by atomic mass is 10.1. The highest BCUT2D eigenvalue weighted by Crippen LogP contribution is 2.64. The number of nitro benzene ring substituents is 1. The van der Waals surface area contributed by atoms with Crippen LogP contribution in [-0.2, 0) is 6.61 Å². The van der Waals surface area contributed by atoms with Gasteiger partial charge in [0.15, 0.2) is 0 Å². The van der Waals surface area contributed by atoms with Crippen LogP contribution in [0.2, 0.25) is 0 Å². The van der Waals surface area contributed by atoms with E-state index in [9.17, 15) is 19.2 Å². The van der Waals surface area contributed by atoms with Gasteiger partial charge in [-0.1, -0.05) is 24.3 Å². The fourth-order valence-electron chi connectivity index (χ4n) is 3.27. The van der Waals surface area contributed by atoms with E-state index in [2.05, 4.69) is 0 Å². The summed E-state index contributed by atoms with van der Waals surface area (Å²) in [6.07, 6.45) is 0. The highest BCUT2D eigenvalue weighted by molar-refractivity contribution is 8.25. The van der Waals surface area contributed by atoms with Crippen molar-refractivity contribution < 1.29 is 18.8 Å². The van der Waals surface area contributed by atoms with Crippen molar-refractivity contribution >= 4 is 28.0 Å². The van der Waals surface area contributed by atoms with Gasteiger partial charge in [0.1, 0.15) is 12.4 Å². The number of hydrogen-bond donors (Lipinski definition) is 2. The van der Waals surface area contributed by atoms with Crippen molar-refractivity contribution in [3.8, 4) is 5.75 Å². The summed E-state index contributed by atoms with van der Waals surface area (Å²) >= 11 is 1.58. The van der Waals surface area contributed by atoms with E-state index in [1.807, 2.05) is 36.4 Å². The first-order valence-corrected chi connectivity index (χ1v) is 11.5. The molecule has 1 aliphatic rings. The molecular weight excluding hydrogens is 410 g/mol. The Bertz CT molecular complexity index is 1030. The summed E-state index contributed by atoms with van der Waals surface area (Å²) in [5.74, 6) is 0.853. The molecule has 0 amide bonds. The standard InChI is InChI=1S/C21H19NO5S2/c23-22(24)16-11-9-15(10-12-16)13-27-18-7-4-8-20-21(18)19(14-29(20,25)26)28-17-5-2-1-3-6-17/h1-12,19,25-26H,13-14H2. The van der Waals surface area contributed by atoms with Gasteiger partial charge in [-0.2, -0.15) is 10.6 Å². The number of hydrogen-bond acceptors (Lipinski definition) is 6. The summed E-state index contributed by atoms with van der Waals surface area (Å²) in [6, 6.07) is 21.4. The van der Waals surface area contributed by atoms with Gasteiger partial charge in [-0.15, -0.1) is 11.8 Å². The first-order chi connectivity index (χ1) is 13.9. The molecule has 29 heavy (non-hydrogen) atoms. The van der Waals surface area contributed by atoms with E-state index in [-0.39, 0.29) is 23.3 Å². The number of nitrogens with zero attached hydrogens (tertiary/aromatic N) is 1. The summed E-state index contributed by atoms with van der Waals surface area (Å²) in [7, 11) is -2.87. The predicted molar refractivity (Wildman–Crippen MR) is 115 cm³/mol. The van der Waals surface area contributed by atoms with Crippen LogP contribution in [0.25, 0.3) is 0 Å². The number of non-ortho nitro benzene ring substituents is 1. The summed E-state index contributed by atoms with van der Waals surface area (Å²) in [6.45, 7) is 0.233. The first kappa shape index (κ1) is 19.8. The van der Waals surface area contributed by atoms with Crippen LogP contribution >= 0.6 is 22.4 Å². The minimum absolute atomic E-state index is 0.0302. The van der Waals surface area contributed by atoms with E-state index in [1.165, 1.54) is 12.1 Å². The number of ether oxygens (including phenoxy) is 1. The molecule has 0 bridgehead atoms. The summed E-state index contributed by atoms with van der Waals surface area (Å²) < 4.78 is 27.2. The van der Waals surface area contributed by atoms with Crippen LogP contribution in [0.4, 0.5) is 5.69 Å². The van der Waals surface area contributed by atoms with Crippen LogP contribution in [0, 0.1) is 10.1 Å². The van der Waals surface area contributed by atoms with E-state index in [0.717, 1.165) is 16.0 Å². The van der Waals surface area contributed by atoms with Gasteiger partial charge in [0.2, 0.25) is 0 Å². The van der Waals surface area contributed by atoms with Crippen LogP contribution in [0.1, 0.15) is 16.4 Å². The third kappa shape index (κ3) is 4.25. The largest absolute Gasteiger partial charge is 0.489 e. The van der Waals surface area contributed by atoms with Crippen molar-refractivity contribution in [2.75, 3.05) is 5.75 Å². The third-order valence-electron chi connectivity index (χ3n) is 4.65. The second kappa shape index (κ2) is 8.08. The van der Waals surface area contributed by atoms with Crippen molar-refractivity contribution in [3.05, 3.63) is 94.0 Å². The van der Waals surface area contributed by atoms with E-state index >= 15 is 0 Å². The minimum atomic E-state index is -2.87. The fraction of sp³-hybridized carbons (Fsp3) is 0.143. The van der Waals surface area contributed by atoms with Gasteiger partial charge in [0.05, 0.1) is 20.8 Å². The Kier molecular flexibility index (Phi) is 5.51. The number of fused-ring (bicyclic) bond motifs is 1. The second-order valence-electron chi connectivity index (χ2n) is 6.63. The molecule has 3 aromatic carbocycles. The molecule has 0 aromatic heterocycles. The van der Waals surface area contributed by atoms with Crippen LogP contribution in [0.5, 0.6) is 5.75 Å². The number of benzene rings is 3. The van der Waals surface area contributed by atoms with E-state index in [0.29, 0.717) is 10.6 Å². The molecule has 0 aliphatic carbocycles. The molecule has 0 saturated carbocycles. The summed E-state index contributed by atoms with van der Waals surface area (Å²) in [5, 5.41) is 10.7. The Morgan fingerprint density at radius 2 is 1.76 bits per heavy atom. The van der Waals surface area contributed by atoms with Gasteiger partial charge >= 0.3 is 0 Å². The summed E-state index contributed by atoms with van der Waals surface area (Å²) in [5.41, 5.74) is 1.64. The molecule has 0 radical (unpaired) electrons. The lowest BCUT2D eigenvalue weighted by molar-refractivity contribution is -0.384. The topological polar surface area (TPSA) is 92.8 Å². The van der Waals surface area contributed by atoms with E-state index < -0.39 is 15.5 Å². The Hall–Kier alpha value is -2.52. The zero-order chi connectivity index (χ0) is 20.4. The van der Waals surface area contributed by atoms with Crippen molar-refractivity contribution in [2.45, 2.75) is 21.6 Å². The zero-order valence-corrected chi connectivity index (χ0v) is 16.9. The van der Waals surface area contributed by atoms with Gasteiger partial charge in [0, 0.05) is 22.6 Å². The van der Waals surface area contributed by atoms with Gasteiger partial charge in [0.25, 0.3) is 5.69 Å². The second-order valence-corrected chi connectivity index (χ2v) is 10.0. The van der Waals surface area contributed by atoms with Gasteiger partial charge in [-0.05, 0) is 42.0 Å². The molecule has 1 aliphatic heterocycles.